The summed E-state index contributed by atoms with van der Waals surface area (Å²) in [6.07, 6.45) is 4.11. The first-order chi connectivity index (χ1) is 9.24. The molecule has 2 aromatic rings. The predicted molar refractivity (Wildman–Crippen MR) is 78.8 cm³/mol. The van der Waals surface area contributed by atoms with Crippen molar-refractivity contribution >= 4 is 15.9 Å². The van der Waals surface area contributed by atoms with Crippen molar-refractivity contribution in [1.82, 2.24) is 15.3 Å². The lowest BCUT2D eigenvalue weighted by molar-refractivity contribution is 0.524. The molecule has 1 aliphatic carbocycles. The Morgan fingerprint density at radius 1 is 1.37 bits per heavy atom. The van der Waals surface area contributed by atoms with Gasteiger partial charge in [-0.25, -0.2) is 9.97 Å². The summed E-state index contributed by atoms with van der Waals surface area (Å²) in [5.41, 5.74) is 3.91. The maximum Gasteiger partial charge on any atom is 0.125 e. The maximum atomic E-state index is 4.42. The molecular formula is C15H16BrN3. The molecule has 0 saturated carbocycles. The molecule has 0 aliphatic heterocycles. The lowest BCUT2D eigenvalue weighted by atomic mass is 10.1. The Labute approximate surface area is 121 Å². The van der Waals surface area contributed by atoms with Crippen LogP contribution in [0.5, 0.6) is 0 Å². The Morgan fingerprint density at radius 3 is 3.11 bits per heavy atom. The first-order valence-corrected chi connectivity index (χ1v) is 7.32. The third-order valence-corrected chi connectivity index (χ3v) is 4.32. The second kappa shape index (κ2) is 5.39. The summed E-state index contributed by atoms with van der Waals surface area (Å²) in [4.78, 5) is 8.55. The highest BCUT2D eigenvalue weighted by Crippen LogP contribution is 2.35. The first-order valence-electron chi connectivity index (χ1n) is 6.53. The van der Waals surface area contributed by atoms with Crippen LogP contribution >= 0.6 is 15.9 Å². The summed E-state index contributed by atoms with van der Waals surface area (Å²) in [7, 11) is 0. The monoisotopic (exact) mass is 317 g/mol. The maximum absolute atomic E-state index is 4.42. The zero-order valence-electron chi connectivity index (χ0n) is 10.9. The van der Waals surface area contributed by atoms with E-state index in [2.05, 4.69) is 49.4 Å². The molecule has 0 bridgehead atoms. The van der Waals surface area contributed by atoms with Crippen molar-refractivity contribution in [1.29, 1.82) is 0 Å². The number of hydrogen-bond donors (Lipinski definition) is 1. The number of nitrogens with zero attached hydrogens (tertiary/aromatic N) is 2. The molecule has 1 atom stereocenters. The van der Waals surface area contributed by atoms with Gasteiger partial charge in [0, 0.05) is 23.3 Å². The number of aryl methyl sites for hydroxylation is 1. The van der Waals surface area contributed by atoms with Crippen molar-refractivity contribution in [3.8, 4) is 0 Å². The molecule has 1 unspecified atom stereocenters. The van der Waals surface area contributed by atoms with Gasteiger partial charge in [-0.3, -0.25) is 0 Å². The molecule has 19 heavy (non-hydrogen) atoms. The molecule has 1 aromatic carbocycles. The number of rotatable bonds is 3. The van der Waals surface area contributed by atoms with Gasteiger partial charge in [0.05, 0.1) is 5.69 Å². The van der Waals surface area contributed by atoms with E-state index in [1.165, 1.54) is 15.6 Å². The number of nitrogens with one attached hydrogen (secondary N) is 1. The Morgan fingerprint density at radius 2 is 2.26 bits per heavy atom. The lowest BCUT2D eigenvalue weighted by Crippen LogP contribution is -2.19. The Kier molecular flexibility index (Phi) is 3.62. The van der Waals surface area contributed by atoms with Gasteiger partial charge < -0.3 is 5.32 Å². The van der Waals surface area contributed by atoms with Crippen molar-refractivity contribution < 1.29 is 0 Å². The largest absolute Gasteiger partial charge is 0.304 e. The Balaban J connectivity index is 1.72. The van der Waals surface area contributed by atoms with Crippen LogP contribution in [0.3, 0.4) is 0 Å². The average molecular weight is 318 g/mol. The van der Waals surface area contributed by atoms with Crippen LogP contribution < -0.4 is 5.32 Å². The SMILES string of the molecule is Cc1nccc(CNC2CCc3c(Br)cccc32)n1. The van der Waals surface area contributed by atoms with Crippen molar-refractivity contribution in [3.05, 3.63) is 57.6 Å². The van der Waals surface area contributed by atoms with Crippen LogP contribution in [0, 0.1) is 6.92 Å². The fourth-order valence-electron chi connectivity index (χ4n) is 2.65. The van der Waals surface area contributed by atoms with Gasteiger partial charge in [-0.2, -0.15) is 0 Å². The molecule has 0 radical (unpaired) electrons. The molecule has 1 N–H and O–H groups in total. The van der Waals surface area contributed by atoms with Crippen molar-refractivity contribution in [2.45, 2.75) is 32.4 Å². The van der Waals surface area contributed by atoms with Gasteiger partial charge in [0.25, 0.3) is 0 Å². The van der Waals surface area contributed by atoms with Crippen LogP contribution in [0.15, 0.2) is 34.9 Å². The molecule has 1 heterocycles. The molecule has 0 saturated heterocycles. The summed E-state index contributed by atoms with van der Waals surface area (Å²) in [5.74, 6) is 0.828. The van der Waals surface area contributed by atoms with Crippen LogP contribution in [-0.4, -0.2) is 9.97 Å². The van der Waals surface area contributed by atoms with Gasteiger partial charge in [-0.05, 0) is 43.0 Å². The Hall–Kier alpha value is -1.26. The highest BCUT2D eigenvalue weighted by atomic mass is 79.9. The molecule has 3 nitrogen and oxygen atoms in total. The topological polar surface area (TPSA) is 37.8 Å². The number of benzene rings is 1. The fraction of sp³-hybridized carbons (Fsp3) is 0.333. The van der Waals surface area contributed by atoms with E-state index in [1.54, 1.807) is 0 Å². The van der Waals surface area contributed by atoms with Gasteiger partial charge in [-0.15, -0.1) is 0 Å². The zero-order chi connectivity index (χ0) is 13.2. The molecule has 1 aromatic heterocycles. The second-order valence-electron chi connectivity index (χ2n) is 4.87. The summed E-state index contributed by atoms with van der Waals surface area (Å²) in [5, 5.41) is 3.60. The number of hydrogen-bond acceptors (Lipinski definition) is 3. The number of aromatic nitrogens is 2. The molecule has 0 amide bonds. The van der Waals surface area contributed by atoms with E-state index in [0.717, 1.165) is 30.9 Å². The van der Waals surface area contributed by atoms with Gasteiger partial charge in [0.2, 0.25) is 0 Å². The second-order valence-corrected chi connectivity index (χ2v) is 5.73. The van der Waals surface area contributed by atoms with Crippen molar-refractivity contribution in [2.75, 3.05) is 0 Å². The molecule has 4 heteroatoms. The lowest BCUT2D eigenvalue weighted by Gasteiger charge is -2.14. The minimum atomic E-state index is 0.433. The number of fused-ring (bicyclic) bond motifs is 1. The van der Waals surface area contributed by atoms with E-state index in [-0.39, 0.29) is 0 Å². The van der Waals surface area contributed by atoms with E-state index >= 15 is 0 Å². The van der Waals surface area contributed by atoms with Crippen LogP contribution in [0.2, 0.25) is 0 Å². The third-order valence-electron chi connectivity index (χ3n) is 3.58. The van der Waals surface area contributed by atoms with E-state index in [4.69, 9.17) is 0 Å². The van der Waals surface area contributed by atoms with Crippen LogP contribution in [0.4, 0.5) is 0 Å². The minimum Gasteiger partial charge on any atom is -0.304 e. The van der Waals surface area contributed by atoms with Gasteiger partial charge >= 0.3 is 0 Å². The zero-order valence-corrected chi connectivity index (χ0v) is 12.4. The molecule has 0 fully saturated rings. The normalized spacial score (nSPS) is 17.5. The smallest absolute Gasteiger partial charge is 0.125 e. The highest BCUT2D eigenvalue weighted by molar-refractivity contribution is 9.10. The van der Waals surface area contributed by atoms with E-state index in [1.807, 2.05) is 19.2 Å². The first kappa shape index (κ1) is 12.8. The van der Waals surface area contributed by atoms with E-state index in [0.29, 0.717) is 6.04 Å². The summed E-state index contributed by atoms with van der Waals surface area (Å²) < 4.78 is 1.23. The van der Waals surface area contributed by atoms with Crippen LogP contribution in [0.25, 0.3) is 0 Å². The quantitative estimate of drug-likeness (QED) is 0.943. The molecule has 1 aliphatic rings. The summed E-state index contributed by atoms with van der Waals surface area (Å²) in [6, 6.07) is 8.85. The van der Waals surface area contributed by atoms with Crippen LogP contribution in [0.1, 0.15) is 35.1 Å². The summed E-state index contributed by atoms with van der Waals surface area (Å²) in [6.45, 7) is 2.71. The van der Waals surface area contributed by atoms with E-state index < -0.39 is 0 Å². The van der Waals surface area contributed by atoms with Gasteiger partial charge in [-0.1, -0.05) is 28.1 Å². The van der Waals surface area contributed by atoms with Crippen molar-refractivity contribution in [2.24, 2.45) is 0 Å². The third kappa shape index (κ3) is 2.69. The predicted octanol–water partition coefficient (Wildman–Crippen LogP) is 3.32. The molecule has 0 spiro atoms. The molecular weight excluding hydrogens is 302 g/mol. The standard InChI is InChI=1S/C15H16BrN3/c1-10-17-8-7-11(19-10)9-18-15-6-5-12-13(15)3-2-4-14(12)16/h2-4,7-8,15,18H,5-6,9H2,1H3. The number of halogens is 1. The van der Waals surface area contributed by atoms with Gasteiger partial charge in [0.1, 0.15) is 5.82 Å². The molecule has 98 valence electrons. The Bertz CT molecular complexity index is 598. The fourth-order valence-corrected chi connectivity index (χ4v) is 3.23. The average Bonchev–Trinajstić information content (AvgIpc) is 2.81. The van der Waals surface area contributed by atoms with Crippen LogP contribution in [-0.2, 0) is 13.0 Å². The van der Waals surface area contributed by atoms with Crippen molar-refractivity contribution in [3.63, 3.8) is 0 Å². The van der Waals surface area contributed by atoms with E-state index in [9.17, 15) is 0 Å². The highest BCUT2D eigenvalue weighted by Gasteiger charge is 2.23. The van der Waals surface area contributed by atoms with Gasteiger partial charge in [0.15, 0.2) is 0 Å². The summed E-state index contributed by atoms with van der Waals surface area (Å²) >= 11 is 3.63. The minimum absolute atomic E-state index is 0.433. The molecule has 3 rings (SSSR count).